The predicted octanol–water partition coefficient (Wildman–Crippen LogP) is 1.62. The molecule has 3 rings (SSSR count). The summed E-state index contributed by atoms with van der Waals surface area (Å²) in [4.78, 5) is 52.1. The van der Waals surface area contributed by atoms with Gasteiger partial charge in [-0.25, -0.2) is 4.79 Å². The number of fused-ring (bicyclic) bond motifs is 1. The maximum absolute atomic E-state index is 12.7. The molecule has 1 aromatic carbocycles. The molecule has 28 heavy (non-hydrogen) atoms. The molecule has 2 heterocycles. The molecule has 0 unspecified atom stereocenters. The zero-order valence-corrected chi connectivity index (χ0v) is 16.4. The molecule has 8 heteroatoms. The van der Waals surface area contributed by atoms with Crippen molar-refractivity contribution in [1.29, 1.82) is 0 Å². The van der Waals surface area contributed by atoms with Gasteiger partial charge in [-0.15, -0.1) is 0 Å². The van der Waals surface area contributed by atoms with Crippen LogP contribution in [0.25, 0.3) is 0 Å². The van der Waals surface area contributed by atoms with Crippen LogP contribution in [0.1, 0.15) is 39.2 Å². The van der Waals surface area contributed by atoms with Gasteiger partial charge in [-0.3, -0.25) is 19.3 Å². The summed E-state index contributed by atoms with van der Waals surface area (Å²) in [5, 5.41) is 2.66. The smallest absolute Gasteiger partial charge is 0.327 e. The molecule has 0 radical (unpaired) electrons. The number of urea groups is 1. The zero-order chi connectivity index (χ0) is 20.5. The molecule has 0 aliphatic carbocycles. The molecule has 4 amide bonds. The standard InChI is InChI=1S/C20H25N3O5/c1-4-20(5-2)18(26)23(19(27)21-20)12-16(24)28-13(3)17(25)22-11-10-14-8-6-7-9-15(14)22/h6-9,13H,4-5,10-12H2,1-3H3,(H,21,27)/t13-/m1/s1. The van der Waals surface area contributed by atoms with Crippen LogP contribution in [0.5, 0.6) is 0 Å². The SMILES string of the molecule is CCC1(CC)NC(=O)N(CC(=O)O[C@H](C)C(=O)N2CCc3ccccc32)C1=O. The highest BCUT2D eigenvalue weighted by Crippen LogP contribution is 2.28. The number of anilines is 1. The average molecular weight is 387 g/mol. The molecule has 1 N–H and O–H groups in total. The normalized spacial score (nSPS) is 18.7. The lowest BCUT2D eigenvalue weighted by Crippen LogP contribution is -2.46. The van der Waals surface area contributed by atoms with Crippen LogP contribution in [0.2, 0.25) is 0 Å². The lowest BCUT2D eigenvalue weighted by molar-refractivity contribution is -0.155. The van der Waals surface area contributed by atoms with E-state index < -0.39 is 36.1 Å². The third kappa shape index (κ3) is 3.34. The van der Waals surface area contributed by atoms with Gasteiger partial charge in [-0.2, -0.15) is 0 Å². The predicted molar refractivity (Wildman–Crippen MR) is 102 cm³/mol. The first kappa shape index (κ1) is 19.9. The molecule has 150 valence electrons. The number of amides is 4. The van der Waals surface area contributed by atoms with Crippen LogP contribution in [0.4, 0.5) is 10.5 Å². The summed E-state index contributed by atoms with van der Waals surface area (Å²) in [5.41, 5.74) is 0.919. The Bertz CT molecular complexity index is 818. The number of carbonyl (C=O) groups is 4. The van der Waals surface area contributed by atoms with Crippen LogP contribution in [0.15, 0.2) is 24.3 Å². The van der Waals surface area contributed by atoms with Crippen LogP contribution in [0.3, 0.4) is 0 Å². The highest BCUT2D eigenvalue weighted by Gasteiger charge is 2.49. The molecule has 1 atom stereocenters. The van der Waals surface area contributed by atoms with Crippen LogP contribution in [-0.2, 0) is 25.5 Å². The number of imide groups is 1. The lowest BCUT2D eigenvalue weighted by atomic mass is 9.93. The number of hydrogen-bond acceptors (Lipinski definition) is 5. The Balaban J connectivity index is 1.62. The van der Waals surface area contributed by atoms with Gasteiger partial charge in [0.15, 0.2) is 6.10 Å². The second kappa shape index (κ2) is 7.61. The second-order valence-electron chi connectivity index (χ2n) is 7.11. The molecule has 1 fully saturated rings. The van der Waals surface area contributed by atoms with Gasteiger partial charge in [0.05, 0.1) is 0 Å². The number of nitrogens with one attached hydrogen (secondary N) is 1. The lowest BCUT2D eigenvalue weighted by Gasteiger charge is -2.24. The van der Waals surface area contributed by atoms with E-state index in [9.17, 15) is 19.2 Å². The minimum Gasteiger partial charge on any atom is -0.451 e. The van der Waals surface area contributed by atoms with Crippen molar-refractivity contribution in [2.45, 2.75) is 51.7 Å². The Hall–Kier alpha value is -2.90. The summed E-state index contributed by atoms with van der Waals surface area (Å²) in [6.07, 6.45) is 0.605. The molecular formula is C20H25N3O5. The monoisotopic (exact) mass is 387 g/mol. The third-order valence-electron chi connectivity index (χ3n) is 5.55. The number of para-hydroxylation sites is 1. The fourth-order valence-electron chi connectivity index (χ4n) is 3.75. The zero-order valence-electron chi connectivity index (χ0n) is 16.4. The molecule has 0 aromatic heterocycles. The van der Waals surface area contributed by atoms with Gasteiger partial charge in [-0.1, -0.05) is 32.0 Å². The minimum absolute atomic E-state index is 0.327. The van der Waals surface area contributed by atoms with Crippen molar-refractivity contribution < 1.29 is 23.9 Å². The molecule has 8 nitrogen and oxygen atoms in total. The van der Waals surface area contributed by atoms with E-state index in [0.29, 0.717) is 19.4 Å². The average Bonchev–Trinajstić information content (AvgIpc) is 3.22. The number of benzene rings is 1. The second-order valence-corrected chi connectivity index (χ2v) is 7.11. The van der Waals surface area contributed by atoms with Crippen LogP contribution >= 0.6 is 0 Å². The molecule has 1 aromatic rings. The molecule has 2 aliphatic rings. The summed E-state index contributed by atoms with van der Waals surface area (Å²) in [6, 6.07) is 6.98. The first-order valence-corrected chi connectivity index (χ1v) is 9.56. The van der Waals surface area contributed by atoms with Gasteiger partial charge < -0.3 is 15.0 Å². The van der Waals surface area contributed by atoms with Gasteiger partial charge in [-0.05, 0) is 37.8 Å². The van der Waals surface area contributed by atoms with E-state index in [2.05, 4.69) is 5.32 Å². The molecule has 0 bridgehead atoms. The van der Waals surface area contributed by atoms with E-state index in [0.717, 1.165) is 22.6 Å². The molecule has 0 saturated carbocycles. The summed E-state index contributed by atoms with van der Waals surface area (Å²) in [6.45, 7) is 5.12. The quantitative estimate of drug-likeness (QED) is 0.591. The van der Waals surface area contributed by atoms with Crippen molar-refractivity contribution in [1.82, 2.24) is 10.2 Å². The van der Waals surface area contributed by atoms with E-state index in [4.69, 9.17) is 4.74 Å². The number of esters is 1. The van der Waals surface area contributed by atoms with Gasteiger partial charge in [0, 0.05) is 12.2 Å². The fraction of sp³-hybridized carbons (Fsp3) is 0.500. The summed E-state index contributed by atoms with van der Waals surface area (Å²) >= 11 is 0. The number of hydrogen-bond donors (Lipinski definition) is 1. The van der Waals surface area contributed by atoms with Crippen LogP contribution < -0.4 is 10.2 Å². The summed E-state index contributed by atoms with van der Waals surface area (Å²) in [5.74, 6) is -1.56. The summed E-state index contributed by atoms with van der Waals surface area (Å²) in [7, 11) is 0. The van der Waals surface area contributed by atoms with Crippen molar-refractivity contribution >= 4 is 29.5 Å². The Morgan fingerprint density at radius 3 is 2.54 bits per heavy atom. The molecule has 0 spiro atoms. The van der Waals surface area contributed by atoms with Gasteiger partial charge in [0.2, 0.25) is 0 Å². The molecule has 1 saturated heterocycles. The third-order valence-corrected chi connectivity index (χ3v) is 5.55. The van der Waals surface area contributed by atoms with Crippen LogP contribution in [-0.4, -0.2) is 53.4 Å². The van der Waals surface area contributed by atoms with Gasteiger partial charge in [0.25, 0.3) is 11.8 Å². The maximum Gasteiger partial charge on any atom is 0.327 e. The highest BCUT2D eigenvalue weighted by atomic mass is 16.5. The first-order valence-electron chi connectivity index (χ1n) is 9.56. The molecule has 2 aliphatic heterocycles. The number of carbonyl (C=O) groups excluding carboxylic acids is 4. The van der Waals surface area contributed by atoms with Gasteiger partial charge >= 0.3 is 12.0 Å². The Morgan fingerprint density at radius 2 is 1.89 bits per heavy atom. The Kier molecular flexibility index (Phi) is 5.40. The highest BCUT2D eigenvalue weighted by molar-refractivity contribution is 6.08. The fourth-order valence-corrected chi connectivity index (χ4v) is 3.75. The van der Waals surface area contributed by atoms with Crippen LogP contribution in [0, 0.1) is 0 Å². The van der Waals surface area contributed by atoms with E-state index in [1.54, 1.807) is 18.7 Å². The topological polar surface area (TPSA) is 96.0 Å². The number of nitrogens with zero attached hydrogens (tertiary/aromatic N) is 2. The van der Waals surface area contributed by atoms with E-state index >= 15 is 0 Å². The number of ether oxygens (including phenoxy) is 1. The van der Waals surface area contributed by atoms with E-state index in [1.165, 1.54) is 6.92 Å². The van der Waals surface area contributed by atoms with E-state index in [1.807, 2.05) is 24.3 Å². The van der Waals surface area contributed by atoms with Gasteiger partial charge in [0.1, 0.15) is 12.1 Å². The van der Waals surface area contributed by atoms with Crippen molar-refractivity contribution in [3.63, 3.8) is 0 Å². The van der Waals surface area contributed by atoms with Crippen molar-refractivity contribution in [3.05, 3.63) is 29.8 Å². The van der Waals surface area contributed by atoms with E-state index in [-0.39, 0.29) is 5.91 Å². The largest absolute Gasteiger partial charge is 0.451 e. The summed E-state index contributed by atoms with van der Waals surface area (Å²) < 4.78 is 5.23. The maximum atomic E-state index is 12.7. The van der Waals surface area contributed by atoms with Crippen molar-refractivity contribution in [2.75, 3.05) is 18.0 Å². The van der Waals surface area contributed by atoms with Crippen molar-refractivity contribution in [2.24, 2.45) is 0 Å². The minimum atomic E-state index is -1.01. The first-order chi connectivity index (χ1) is 13.3. The Labute approximate surface area is 163 Å². The molecular weight excluding hydrogens is 362 g/mol. The van der Waals surface area contributed by atoms with Crippen molar-refractivity contribution in [3.8, 4) is 0 Å². The number of rotatable bonds is 6. The Morgan fingerprint density at radius 1 is 1.21 bits per heavy atom.